The first-order chi connectivity index (χ1) is 8.69. The molecule has 92 valence electrons. The zero-order valence-electron chi connectivity index (χ0n) is 9.84. The molecule has 0 fully saturated rings. The molecular formula is C14H14N2O2. The molecular weight excluding hydrogens is 228 g/mol. The summed E-state index contributed by atoms with van der Waals surface area (Å²) in [4.78, 5) is 16.1. The van der Waals surface area contributed by atoms with Crippen molar-refractivity contribution in [2.24, 2.45) is 5.73 Å². The Morgan fingerprint density at radius 1 is 1.28 bits per heavy atom. The second-order valence-electron chi connectivity index (χ2n) is 4.01. The number of benzene rings is 1. The molecule has 0 atom stereocenters. The predicted octanol–water partition coefficient (Wildman–Crippen LogP) is 1.67. The van der Waals surface area contributed by atoms with E-state index in [9.17, 15) is 9.90 Å². The summed E-state index contributed by atoms with van der Waals surface area (Å²) >= 11 is 0. The summed E-state index contributed by atoms with van der Waals surface area (Å²) in [5.74, 6) is 0.148. The summed E-state index contributed by atoms with van der Waals surface area (Å²) in [7, 11) is 0. The first-order valence-electron chi connectivity index (χ1n) is 5.65. The summed E-state index contributed by atoms with van der Waals surface area (Å²) in [6.45, 7) is 0.313. The van der Waals surface area contributed by atoms with Gasteiger partial charge in [0.05, 0.1) is 5.69 Å². The van der Waals surface area contributed by atoms with Gasteiger partial charge in [-0.2, -0.15) is 0 Å². The van der Waals surface area contributed by atoms with Crippen LogP contribution >= 0.6 is 0 Å². The molecule has 1 aromatic heterocycles. The highest BCUT2D eigenvalue weighted by Gasteiger charge is 2.08. The highest BCUT2D eigenvalue weighted by molar-refractivity contribution is 5.97. The summed E-state index contributed by atoms with van der Waals surface area (Å²) in [6, 6.07) is 10.1. The van der Waals surface area contributed by atoms with Crippen molar-refractivity contribution < 1.29 is 9.90 Å². The summed E-state index contributed by atoms with van der Waals surface area (Å²) in [5, 5.41) is 9.34. The molecule has 0 saturated carbocycles. The molecule has 0 aliphatic carbocycles. The van der Waals surface area contributed by atoms with Crippen LogP contribution in [-0.4, -0.2) is 15.9 Å². The molecule has 2 rings (SSSR count). The van der Waals surface area contributed by atoms with Gasteiger partial charge in [0.25, 0.3) is 0 Å². The SMILES string of the molecule is NCc1cc(C(=O)Cc2cccc(O)c2)ccn1. The van der Waals surface area contributed by atoms with Crippen molar-refractivity contribution in [2.45, 2.75) is 13.0 Å². The molecule has 0 saturated heterocycles. The van der Waals surface area contributed by atoms with E-state index in [1.165, 1.54) is 0 Å². The van der Waals surface area contributed by atoms with E-state index >= 15 is 0 Å². The van der Waals surface area contributed by atoms with E-state index in [-0.39, 0.29) is 18.0 Å². The van der Waals surface area contributed by atoms with Gasteiger partial charge in [-0.3, -0.25) is 9.78 Å². The standard InChI is InChI=1S/C14H14N2O2/c15-9-12-8-11(4-5-16-12)14(18)7-10-2-1-3-13(17)6-10/h1-6,8,17H,7,9,15H2. The minimum atomic E-state index is -0.0160. The van der Waals surface area contributed by atoms with Crippen LogP contribution in [0.2, 0.25) is 0 Å². The van der Waals surface area contributed by atoms with E-state index in [1.54, 1.807) is 36.5 Å². The number of pyridine rings is 1. The lowest BCUT2D eigenvalue weighted by Gasteiger charge is -2.03. The van der Waals surface area contributed by atoms with E-state index in [0.29, 0.717) is 17.8 Å². The number of ketones is 1. The third-order valence-electron chi connectivity index (χ3n) is 2.62. The molecule has 3 N–H and O–H groups in total. The number of aromatic nitrogens is 1. The number of aromatic hydroxyl groups is 1. The molecule has 0 bridgehead atoms. The van der Waals surface area contributed by atoms with Gasteiger partial charge in [-0.05, 0) is 29.8 Å². The molecule has 1 aromatic carbocycles. The molecule has 0 radical (unpaired) electrons. The largest absolute Gasteiger partial charge is 0.508 e. The smallest absolute Gasteiger partial charge is 0.167 e. The highest BCUT2D eigenvalue weighted by atomic mass is 16.3. The van der Waals surface area contributed by atoms with Gasteiger partial charge in [0.1, 0.15) is 5.75 Å². The number of phenolic OH excluding ortho intramolecular Hbond substituents is 1. The maximum absolute atomic E-state index is 12.0. The second-order valence-corrected chi connectivity index (χ2v) is 4.01. The van der Waals surface area contributed by atoms with E-state index in [2.05, 4.69) is 4.98 Å². The number of carbonyl (C=O) groups excluding carboxylic acids is 1. The summed E-state index contributed by atoms with van der Waals surface area (Å²) < 4.78 is 0. The monoisotopic (exact) mass is 242 g/mol. The number of hydrogen-bond acceptors (Lipinski definition) is 4. The number of phenols is 1. The maximum Gasteiger partial charge on any atom is 0.167 e. The number of rotatable bonds is 4. The van der Waals surface area contributed by atoms with E-state index < -0.39 is 0 Å². The lowest BCUT2D eigenvalue weighted by Crippen LogP contribution is -2.06. The van der Waals surface area contributed by atoms with Crippen LogP contribution < -0.4 is 5.73 Å². The van der Waals surface area contributed by atoms with Crippen LogP contribution in [0.1, 0.15) is 21.6 Å². The molecule has 4 nitrogen and oxygen atoms in total. The van der Waals surface area contributed by atoms with Crippen LogP contribution in [0.4, 0.5) is 0 Å². The molecule has 18 heavy (non-hydrogen) atoms. The summed E-state index contributed by atoms with van der Waals surface area (Å²) in [5.41, 5.74) is 7.55. The molecule has 0 aliphatic heterocycles. The Hall–Kier alpha value is -2.20. The quantitative estimate of drug-likeness (QED) is 0.800. The Kier molecular flexibility index (Phi) is 3.69. The fourth-order valence-corrected chi connectivity index (χ4v) is 1.72. The zero-order chi connectivity index (χ0) is 13.0. The molecule has 0 spiro atoms. The van der Waals surface area contributed by atoms with Crippen LogP contribution in [0.3, 0.4) is 0 Å². The van der Waals surface area contributed by atoms with Gasteiger partial charge in [0.15, 0.2) is 5.78 Å². The van der Waals surface area contributed by atoms with E-state index in [4.69, 9.17) is 5.73 Å². The average Bonchev–Trinajstić information content (AvgIpc) is 2.39. The highest BCUT2D eigenvalue weighted by Crippen LogP contribution is 2.13. The van der Waals surface area contributed by atoms with E-state index in [1.807, 2.05) is 6.07 Å². The Bertz CT molecular complexity index is 567. The number of hydrogen-bond donors (Lipinski definition) is 2. The normalized spacial score (nSPS) is 10.3. The first kappa shape index (κ1) is 12.3. The topological polar surface area (TPSA) is 76.2 Å². The van der Waals surface area contributed by atoms with Crippen molar-refractivity contribution >= 4 is 5.78 Å². The Morgan fingerprint density at radius 2 is 2.11 bits per heavy atom. The van der Waals surface area contributed by atoms with Crippen molar-refractivity contribution in [3.8, 4) is 5.75 Å². The number of carbonyl (C=O) groups is 1. The second kappa shape index (κ2) is 5.42. The minimum absolute atomic E-state index is 0.0160. The van der Waals surface area contributed by atoms with Gasteiger partial charge >= 0.3 is 0 Å². The summed E-state index contributed by atoms with van der Waals surface area (Å²) in [6.07, 6.45) is 1.83. The van der Waals surface area contributed by atoms with Gasteiger partial charge in [0, 0.05) is 24.7 Å². The molecule has 4 heteroatoms. The third-order valence-corrected chi connectivity index (χ3v) is 2.62. The van der Waals surface area contributed by atoms with Crippen LogP contribution in [0.15, 0.2) is 42.6 Å². The fourth-order valence-electron chi connectivity index (χ4n) is 1.72. The van der Waals surface area contributed by atoms with Gasteiger partial charge in [0.2, 0.25) is 0 Å². The Balaban J connectivity index is 2.16. The van der Waals surface area contributed by atoms with Crippen LogP contribution in [0.25, 0.3) is 0 Å². The van der Waals surface area contributed by atoms with Crippen molar-refractivity contribution in [3.63, 3.8) is 0 Å². The average molecular weight is 242 g/mol. The third kappa shape index (κ3) is 2.93. The lowest BCUT2D eigenvalue weighted by atomic mass is 10.0. The number of nitrogens with zero attached hydrogens (tertiary/aromatic N) is 1. The molecule has 1 heterocycles. The molecule has 2 aromatic rings. The fraction of sp³-hybridized carbons (Fsp3) is 0.143. The van der Waals surface area contributed by atoms with Gasteiger partial charge in [-0.15, -0.1) is 0 Å². The minimum Gasteiger partial charge on any atom is -0.508 e. The zero-order valence-corrected chi connectivity index (χ0v) is 9.84. The van der Waals surface area contributed by atoms with Gasteiger partial charge < -0.3 is 10.8 Å². The van der Waals surface area contributed by atoms with Crippen molar-refractivity contribution in [2.75, 3.05) is 0 Å². The molecule has 0 unspecified atom stereocenters. The van der Waals surface area contributed by atoms with Gasteiger partial charge in [-0.25, -0.2) is 0 Å². The van der Waals surface area contributed by atoms with Crippen molar-refractivity contribution in [3.05, 3.63) is 59.4 Å². The Morgan fingerprint density at radius 3 is 2.83 bits per heavy atom. The Labute approximate surface area is 105 Å². The lowest BCUT2D eigenvalue weighted by molar-refractivity contribution is 0.0993. The first-order valence-corrected chi connectivity index (χ1v) is 5.65. The number of Topliss-reactive ketones (excluding diaryl/α,β-unsaturated/α-hetero) is 1. The van der Waals surface area contributed by atoms with Crippen molar-refractivity contribution in [1.29, 1.82) is 0 Å². The van der Waals surface area contributed by atoms with Gasteiger partial charge in [-0.1, -0.05) is 12.1 Å². The maximum atomic E-state index is 12.0. The van der Waals surface area contributed by atoms with Crippen molar-refractivity contribution in [1.82, 2.24) is 4.98 Å². The predicted molar refractivity (Wildman–Crippen MR) is 68.3 cm³/mol. The van der Waals surface area contributed by atoms with Crippen LogP contribution in [-0.2, 0) is 13.0 Å². The number of nitrogens with two attached hydrogens (primary N) is 1. The van der Waals surface area contributed by atoms with Crippen LogP contribution in [0, 0.1) is 0 Å². The van der Waals surface area contributed by atoms with Crippen LogP contribution in [0.5, 0.6) is 5.75 Å². The molecule has 0 aliphatic rings. The molecule has 0 amide bonds. The van der Waals surface area contributed by atoms with E-state index in [0.717, 1.165) is 5.56 Å².